The molecule has 2 fully saturated rings. The van der Waals surface area contributed by atoms with E-state index in [1.807, 2.05) is 4.90 Å². The minimum atomic E-state index is -0.550. The van der Waals surface area contributed by atoms with E-state index in [1.165, 1.54) is 11.3 Å². The molecule has 20 heavy (non-hydrogen) atoms. The molecule has 112 valence electrons. The lowest BCUT2D eigenvalue weighted by atomic mass is 10.1. The minimum Gasteiger partial charge on any atom is -0.341 e. The van der Waals surface area contributed by atoms with Crippen molar-refractivity contribution in [2.45, 2.75) is 51.6 Å². The molecule has 6 heteroatoms. The van der Waals surface area contributed by atoms with E-state index >= 15 is 0 Å². The van der Waals surface area contributed by atoms with Crippen LogP contribution in [0.25, 0.3) is 0 Å². The Morgan fingerprint density at radius 1 is 1.30 bits per heavy atom. The van der Waals surface area contributed by atoms with Crippen LogP contribution in [0.3, 0.4) is 0 Å². The molecule has 2 saturated heterocycles. The Balaban J connectivity index is 1.91. The van der Waals surface area contributed by atoms with Gasteiger partial charge in [-0.3, -0.25) is 24.6 Å². The predicted molar refractivity (Wildman–Crippen MR) is 73.8 cm³/mol. The summed E-state index contributed by atoms with van der Waals surface area (Å²) in [4.78, 5) is 39.0. The summed E-state index contributed by atoms with van der Waals surface area (Å²) in [5, 5.41) is 3.02. The summed E-state index contributed by atoms with van der Waals surface area (Å²) in [6.45, 7) is 5.53. The van der Waals surface area contributed by atoms with Crippen molar-refractivity contribution in [3.05, 3.63) is 0 Å². The SMILES string of the molecule is CCN1C(=O)CC(NC(C)C(=O)N2CCCCC2)C1=O. The summed E-state index contributed by atoms with van der Waals surface area (Å²) < 4.78 is 0. The number of carbonyl (C=O) groups is 3. The van der Waals surface area contributed by atoms with Gasteiger partial charge in [-0.1, -0.05) is 0 Å². The van der Waals surface area contributed by atoms with E-state index in [0.29, 0.717) is 6.54 Å². The molecule has 0 aromatic carbocycles. The van der Waals surface area contributed by atoms with E-state index in [2.05, 4.69) is 5.32 Å². The third kappa shape index (κ3) is 3.00. The van der Waals surface area contributed by atoms with Gasteiger partial charge in [0.15, 0.2) is 0 Å². The molecule has 0 aromatic rings. The van der Waals surface area contributed by atoms with Crippen LogP contribution in [-0.4, -0.2) is 59.2 Å². The van der Waals surface area contributed by atoms with E-state index in [0.717, 1.165) is 25.9 Å². The third-order valence-corrected chi connectivity index (χ3v) is 4.05. The molecule has 6 nitrogen and oxygen atoms in total. The fourth-order valence-electron chi connectivity index (χ4n) is 2.91. The Kier molecular flexibility index (Phi) is 4.75. The van der Waals surface area contributed by atoms with Gasteiger partial charge in [-0.15, -0.1) is 0 Å². The van der Waals surface area contributed by atoms with E-state index in [9.17, 15) is 14.4 Å². The molecule has 0 aromatic heterocycles. The Morgan fingerprint density at radius 3 is 2.50 bits per heavy atom. The standard InChI is InChI=1S/C14H23N3O3/c1-3-17-12(18)9-11(14(17)20)15-10(2)13(19)16-7-5-4-6-8-16/h10-11,15H,3-9H2,1-2H3. The Labute approximate surface area is 119 Å². The van der Waals surface area contributed by atoms with Gasteiger partial charge < -0.3 is 4.90 Å². The second-order valence-corrected chi connectivity index (χ2v) is 5.51. The normalized spacial score (nSPS) is 25.2. The zero-order valence-corrected chi connectivity index (χ0v) is 12.2. The zero-order chi connectivity index (χ0) is 14.7. The quantitative estimate of drug-likeness (QED) is 0.743. The van der Waals surface area contributed by atoms with Gasteiger partial charge in [0.25, 0.3) is 0 Å². The van der Waals surface area contributed by atoms with Gasteiger partial charge in [0, 0.05) is 19.6 Å². The topological polar surface area (TPSA) is 69.7 Å². The van der Waals surface area contributed by atoms with Crippen LogP contribution < -0.4 is 5.32 Å². The minimum absolute atomic E-state index is 0.0277. The monoisotopic (exact) mass is 281 g/mol. The summed E-state index contributed by atoms with van der Waals surface area (Å²) in [6.07, 6.45) is 3.42. The van der Waals surface area contributed by atoms with Crippen molar-refractivity contribution in [1.29, 1.82) is 0 Å². The van der Waals surface area contributed by atoms with Crippen molar-refractivity contribution in [3.63, 3.8) is 0 Å². The first kappa shape index (κ1) is 15.0. The molecule has 2 heterocycles. The predicted octanol–water partition coefficient (Wildman–Crippen LogP) is 0.124. The lowest BCUT2D eigenvalue weighted by molar-refractivity contribution is -0.138. The highest BCUT2D eigenvalue weighted by Gasteiger charge is 2.39. The molecule has 0 aliphatic carbocycles. The van der Waals surface area contributed by atoms with Crippen LogP contribution in [0.1, 0.15) is 39.5 Å². The summed E-state index contributed by atoms with van der Waals surface area (Å²) in [7, 11) is 0. The number of nitrogens with one attached hydrogen (secondary N) is 1. The van der Waals surface area contributed by atoms with E-state index < -0.39 is 12.1 Å². The number of rotatable bonds is 4. The maximum absolute atomic E-state index is 12.3. The molecular weight excluding hydrogens is 258 g/mol. The zero-order valence-electron chi connectivity index (χ0n) is 12.2. The van der Waals surface area contributed by atoms with Crippen molar-refractivity contribution in [2.75, 3.05) is 19.6 Å². The number of likely N-dealkylation sites (N-methyl/N-ethyl adjacent to an activating group) is 1. The first-order valence-electron chi connectivity index (χ1n) is 7.43. The highest BCUT2D eigenvalue weighted by molar-refractivity contribution is 6.05. The van der Waals surface area contributed by atoms with E-state index in [-0.39, 0.29) is 24.1 Å². The lowest BCUT2D eigenvalue weighted by Gasteiger charge is -2.30. The number of carbonyl (C=O) groups excluding carboxylic acids is 3. The summed E-state index contributed by atoms with van der Waals surface area (Å²) in [6, 6.07) is -0.974. The fraction of sp³-hybridized carbons (Fsp3) is 0.786. The molecule has 2 aliphatic rings. The van der Waals surface area contributed by atoms with Gasteiger partial charge >= 0.3 is 0 Å². The van der Waals surface area contributed by atoms with Crippen LogP contribution >= 0.6 is 0 Å². The largest absolute Gasteiger partial charge is 0.341 e. The molecule has 1 N–H and O–H groups in total. The van der Waals surface area contributed by atoms with Gasteiger partial charge in [-0.25, -0.2) is 0 Å². The molecule has 2 aliphatic heterocycles. The number of hydrogen-bond acceptors (Lipinski definition) is 4. The average molecular weight is 281 g/mol. The van der Waals surface area contributed by atoms with Crippen LogP contribution in [0, 0.1) is 0 Å². The number of amides is 3. The molecular formula is C14H23N3O3. The van der Waals surface area contributed by atoms with Gasteiger partial charge in [0.1, 0.15) is 0 Å². The number of nitrogens with zero attached hydrogens (tertiary/aromatic N) is 2. The first-order chi connectivity index (χ1) is 9.54. The number of likely N-dealkylation sites (tertiary alicyclic amines) is 2. The van der Waals surface area contributed by atoms with Crippen molar-refractivity contribution in [1.82, 2.24) is 15.1 Å². The molecule has 2 unspecified atom stereocenters. The van der Waals surface area contributed by atoms with Gasteiger partial charge in [0.05, 0.1) is 18.5 Å². The van der Waals surface area contributed by atoms with E-state index in [4.69, 9.17) is 0 Å². The number of imide groups is 1. The van der Waals surface area contributed by atoms with Crippen LogP contribution in [0.2, 0.25) is 0 Å². The van der Waals surface area contributed by atoms with Gasteiger partial charge in [0.2, 0.25) is 17.7 Å². The molecule has 0 saturated carbocycles. The molecule has 3 amide bonds. The van der Waals surface area contributed by atoms with Gasteiger partial charge in [-0.2, -0.15) is 0 Å². The highest BCUT2D eigenvalue weighted by Crippen LogP contribution is 2.15. The molecule has 0 bridgehead atoms. The second kappa shape index (κ2) is 6.35. The van der Waals surface area contributed by atoms with Crippen molar-refractivity contribution < 1.29 is 14.4 Å². The number of hydrogen-bond donors (Lipinski definition) is 1. The van der Waals surface area contributed by atoms with Crippen molar-refractivity contribution in [2.24, 2.45) is 0 Å². The Hall–Kier alpha value is -1.43. The highest BCUT2D eigenvalue weighted by atomic mass is 16.2. The third-order valence-electron chi connectivity index (χ3n) is 4.05. The molecule has 2 atom stereocenters. The molecule has 0 radical (unpaired) electrons. The van der Waals surface area contributed by atoms with Gasteiger partial charge in [-0.05, 0) is 33.1 Å². The molecule has 2 rings (SSSR count). The Morgan fingerprint density at radius 2 is 1.95 bits per heavy atom. The fourth-order valence-corrected chi connectivity index (χ4v) is 2.91. The van der Waals surface area contributed by atoms with Crippen LogP contribution in [0.4, 0.5) is 0 Å². The first-order valence-corrected chi connectivity index (χ1v) is 7.43. The maximum Gasteiger partial charge on any atom is 0.246 e. The van der Waals surface area contributed by atoms with Crippen molar-refractivity contribution in [3.8, 4) is 0 Å². The Bertz CT molecular complexity index is 404. The number of piperidine rings is 1. The maximum atomic E-state index is 12.3. The summed E-state index contributed by atoms with van der Waals surface area (Å²) >= 11 is 0. The van der Waals surface area contributed by atoms with E-state index in [1.54, 1.807) is 13.8 Å². The lowest BCUT2D eigenvalue weighted by Crippen LogP contribution is -2.51. The average Bonchev–Trinajstić information content (AvgIpc) is 2.73. The van der Waals surface area contributed by atoms with Crippen molar-refractivity contribution >= 4 is 17.7 Å². The van der Waals surface area contributed by atoms with Crippen LogP contribution in [0.5, 0.6) is 0 Å². The smallest absolute Gasteiger partial charge is 0.246 e. The van der Waals surface area contributed by atoms with Crippen LogP contribution in [0.15, 0.2) is 0 Å². The summed E-state index contributed by atoms with van der Waals surface area (Å²) in [5.41, 5.74) is 0. The second-order valence-electron chi connectivity index (χ2n) is 5.51. The van der Waals surface area contributed by atoms with Crippen LogP contribution in [-0.2, 0) is 14.4 Å². The summed E-state index contributed by atoms with van der Waals surface area (Å²) in [5.74, 6) is -0.344. The molecule has 0 spiro atoms.